The Balaban J connectivity index is 2.08. The monoisotopic (exact) mass is 557 g/mol. The first kappa shape index (κ1) is 27.6. The van der Waals surface area contributed by atoms with Gasteiger partial charge in [-0.25, -0.2) is 18.3 Å². The third-order valence-corrected chi connectivity index (χ3v) is 8.45. The summed E-state index contributed by atoms with van der Waals surface area (Å²) in [5.41, 5.74) is 3.87. The summed E-state index contributed by atoms with van der Waals surface area (Å²) in [5, 5.41) is 9.72. The van der Waals surface area contributed by atoms with Gasteiger partial charge in [-0.15, -0.1) is 0 Å². The fourth-order valence-electron chi connectivity index (χ4n) is 4.40. The Labute approximate surface area is 225 Å². The summed E-state index contributed by atoms with van der Waals surface area (Å²) in [7, 11) is -3.98. The van der Waals surface area contributed by atoms with Gasteiger partial charge in [0, 0.05) is 45.4 Å². The van der Waals surface area contributed by atoms with Gasteiger partial charge in [0.1, 0.15) is 5.69 Å². The number of hydrogen-bond acceptors (Lipinski definition) is 5. The SMILES string of the molecule is CCCc1ccc2c(c1)c(-c1ccc[nH]c1=O)c(C(=O)NS(=O)(=O)C(C)C)n2Cc1cc([NH2+]O)ccc1Cl. The van der Waals surface area contributed by atoms with Crippen molar-refractivity contribution in [3.8, 4) is 11.1 Å². The van der Waals surface area contributed by atoms with Crippen LogP contribution in [0, 0.1) is 0 Å². The fraction of sp³-hybridized carbons (Fsp3) is 0.259. The van der Waals surface area contributed by atoms with Crippen molar-refractivity contribution >= 4 is 44.1 Å². The molecule has 2 aromatic heterocycles. The van der Waals surface area contributed by atoms with E-state index in [0.717, 1.165) is 23.9 Å². The second-order valence-electron chi connectivity index (χ2n) is 9.33. The summed E-state index contributed by atoms with van der Waals surface area (Å²) in [6.45, 7) is 5.09. The predicted octanol–water partition coefficient (Wildman–Crippen LogP) is 3.70. The maximum absolute atomic E-state index is 13.8. The van der Waals surface area contributed by atoms with E-state index in [4.69, 9.17) is 11.6 Å². The Bertz CT molecular complexity index is 1670. The average Bonchev–Trinajstić information content (AvgIpc) is 3.18. The zero-order chi connectivity index (χ0) is 27.6. The molecule has 0 radical (unpaired) electrons. The number of pyridine rings is 1. The highest BCUT2D eigenvalue weighted by atomic mass is 35.5. The van der Waals surface area contributed by atoms with Gasteiger partial charge in [-0.3, -0.25) is 9.59 Å². The lowest BCUT2D eigenvalue weighted by Crippen LogP contribution is -2.73. The fourth-order valence-corrected chi connectivity index (χ4v) is 5.17. The van der Waals surface area contributed by atoms with E-state index in [1.54, 1.807) is 34.9 Å². The van der Waals surface area contributed by atoms with Crippen LogP contribution in [0.2, 0.25) is 5.02 Å². The first-order valence-corrected chi connectivity index (χ1v) is 14.1. The van der Waals surface area contributed by atoms with E-state index in [-0.39, 0.29) is 17.8 Å². The Kier molecular flexibility index (Phi) is 8.08. The van der Waals surface area contributed by atoms with Crippen LogP contribution >= 0.6 is 11.6 Å². The number of aryl methyl sites for hydroxylation is 1. The van der Waals surface area contributed by atoms with Crippen LogP contribution in [0.1, 0.15) is 48.8 Å². The van der Waals surface area contributed by atoms with Crippen LogP contribution in [0.4, 0.5) is 5.69 Å². The van der Waals surface area contributed by atoms with Crippen LogP contribution in [0.15, 0.2) is 59.5 Å². The number of halogens is 1. The topological polar surface area (TPSA) is 138 Å². The molecule has 0 aliphatic rings. The van der Waals surface area contributed by atoms with Gasteiger partial charge in [0.25, 0.3) is 11.5 Å². The van der Waals surface area contributed by atoms with E-state index >= 15 is 0 Å². The molecule has 0 saturated carbocycles. The number of nitrogens with zero attached hydrogens (tertiary/aromatic N) is 1. The van der Waals surface area contributed by atoms with Crippen LogP contribution in [-0.4, -0.2) is 34.3 Å². The number of aromatic amines is 1. The number of hydrogen-bond donors (Lipinski definition) is 4. The standard InChI is InChI=1S/C27H29ClN4O5S/c1-4-6-17-8-11-23-21(13-17)24(20-7-5-12-29-26(20)33)25(27(34)31-38(36,37)16(2)3)32(23)15-18-14-19(30-35)9-10-22(18)28/h5,7-14,16,30,35H,4,6,15H2,1-3H3,(H,29,33)(H,31,34)/p+1. The third-order valence-electron chi connectivity index (χ3n) is 6.37. The number of benzene rings is 2. The molecule has 0 aliphatic heterocycles. The van der Waals surface area contributed by atoms with E-state index in [1.165, 1.54) is 20.0 Å². The zero-order valence-corrected chi connectivity index (χ0v) is 22.9. The quantitative estimate of drug-likeness (QED) is 0.184. The molecule has 0 bridgehead atoms. The lowest BCUT2D eigenvalue weighted by atomic mass is 10.0. The van der Waals surface area contributed by atoms with E-state index in [0.29, 0.717) is 32.7 Å². The van der Waals surface area contributed by atoms with Crippen LogP contribution < -0.4 is 15.8 Å². The lowest BCUT2D eigenvalue weighted by molar-refractivity contribution is -0.825. The van der Waals surface area contributed by atoms with E-state index in [9.17, 15) is 23.2 Å². The molecule has 38 heavy (non-hydrogen) atoms. The third kappa shape index (κ3) is 5.39. The number of fused-ring (bicyclic) bond motifs is 1. The molecular formula is C27H30ClN4O5S+. The minimum absolute atomic E-state index is 0.0176. The molecular weight excluding hydrogens is 528 g/mol. The van der Waals surface area contributed by atoms with Crippen LogP contribution in [0.5, 0.6) is 0 Å². The highest BCUT2D eigenvalue weighted by molar-refractivity contribution is 7.90. The predicted molar refractivity (Wildman–Crippen MR) is 147 cm³/mol. The maximum Gasteiger partial charge on any atom is 0.282 e. The summed E-state index contributed by atoms with van der Waals surface area (Å²) in [6, 6.07) is 14.0. The smallest absolute Gasteiger partial charge is 0.282 e. The molecule has 4 aromatic rings. The normalized spacial score (nSPS) is 11.8. The van der Waals surface area contributed by atoms with Crippen LogP contribution in [0.25, 0.3) is 22.0 Å². The van der Waals surface area contributed by atoms with Gasteiger partial charge in [0.2, 0.25) is 10.0 Å². The first-order chi connectivity index (χ1) is 18.1. The van der Waals surface area contributed by atoms with Gasteiger partial charge in [-0.2, -0.15) is 5.48 Å². The van der Waals surface area contributed by atoms with E-state index in [1.807, 2.05) is 18.2 Å². The molecule has 1 amide bonds. The van der Waals surface area contributed by atoms with Gasteiger partial charge in [0.05, 0.1) is 11.8 Å². The summed E-state index contributed by atoms with van der Waals surface area (Å²) < 4.78 is 29.3. The maximum atomic E-state index is 13.8. The molecule has 0 aliphatic carbocycles. The molecule has 0 unspecified atom stereocenters. The number of H-pyrrole nitrogens is 1. The number of carbonyl (C=O) groups excluding carboxylic acids is 1. The minimum atomic E-state index is -3.98. The molecule has 4 rings (SSSR count). The molecule has 0 atom stereocenters. The molecule has 9 nitrogen and oxygen atoms in total. The van der Waals surface area contributed by atoms with Crippen molar-refractivity contribution in [3.63, 3.8) is 0 Å². The average molecular weight is 558 g/mol. The van der Waals surface area contributed by atoms with Gasteiger partial charge in [-0.05, 0) is 61.7 Å². The zero-order valence-electron chi connectivity index (χ0n) is 21.3. The number of sulfonamides is 1. The molecule has 2 heterocycles. The Morgan fingerprint density at radius 1 is 1.18 bits per heavy atom. The number of quaternary nitrogens is 1. The second kappa shape index (κ2) is 11.1. The van der Waals surface area contributed by atoms with Crippen molar-refractivity contribution in [1.29, 1.82) is 0 Å². The number of nitrogens with one attached hydrogen (secondary N) is 2. The number of nitrogens with two attached hydrogens (primary N) is 1. The van der Waals surface area contributed by atoms with E-state index < -0.39 is 26.7 Å². The highest BCUT2D eigenvalue weighted by Gasteiger charge is 2.29. The highest BCUT2D eigenvalue weighted by Crippen LogP contribution is 2.36. The number of rotatable bonds is 9. The molecule has 2 aromatic carbocycles. The van der Waals surface area contributed by atoms with Gasteiger partial charge in [-0.1, -0.05) is 31.0 Å². The molecule has 200 valence electrons. The van der Waals surface area contributed by atoms with E-state index in [2.05, 4.69) is 16.6 Å². The molecule has 0 fully saturated rings. The van der Waals surface area contributed by atoms with Crippen molar-refractivity contribution in [2.45, 2.75) is 45.4 Å². The largest absolute Gasteiger partial charge is 0.331 e. The summed E-state index contributed by atoms with van der Waals surface area (Å²) in [6.07, 6.45) is 3.18. The van der Waals surface area contributed by atoms with Crippen molar-refractivity contribution < 1.29 is 23.9 Å². The Hall–Kier alpha value is -3.44. The van der Waals surface area contributed by atoms with Crippen LogP contribution in [0.3, 0.4) is 0 Å². The summed E-state index contributed by atoms with van der Waals surface area (Å²) >= 11 is 6.49. The number of aromatic nitrogens is 2. The van der Waals surface area contributed by atoms with Gasteiger partial charge in [0.15, 0.2) is 5.69 Å². The van der Waals surface area contributed by atoms with Crippen LogP contribution in [-0.2, 0) is 23.0 Å². The van der Waals surface area contributed by atoms with Gasteiger partial charge >= 0.3 is 0 Å². The second-order valence-corrected chi connectivity index (χ2v) is 12.0. The van der Waals surface area contributed by atoms with Crippen molar-refractivity contribution in [2.24, 2.45) is 0 Å². The van der Waals surface area contributed by atoms with Gasteiger partial charge < -0.3 is 9.55 Å². The molecule has 0 saturated heterocycles. The lowest BCUT2D eigenvalue weighted by Gasteiger charge is -2.15. The first-order valence-electron chi connectivity index (χ1n) is 12.2. The Morgan fingerprint density at radius 3 is 2.61 bits per heavy atom. The number of amides is 1. The van der Waals surface area contributed by atoms with Crippen molar-refractivity contribution in [2.75, 3.05) is 0 Å². The summed E-state index contributed by atoms with van der Waals surface area (Å²) in [5.74, 6) is -0.855. The molecule has 11 heteroatoms. The molecule has 5 N–H and O–H groups in total. The summed E-state index contributed by atoms with van der Waals surface area (Å²) in [4.78, 5) is 29.4. The molecule has 0 spiro atoms. The van der Waals surface area contributed by atoms with Crippen molar-refractivity contribution in [1.82, 2.24) is 14.3 Å². The Morgan fingerprint density at radius 2 is 1.95 bits per heavy atom. The van der Waals surface area contributed by atoms with Crippen molar-refractivity contribution in [3.05, 3.63) is 86.9 Å². The number of carbonyl (C=O) groups is 1. The minimum Gasteiger partial charge on any atom is -0.331 e.